The summed E-state index contributed by atoms with van der Waals surface area (Å²) in [6.45, 7) is 2.11. The first kappa shape index (κ1) is 19.1. The highest BCUT2D eigenvalue weighted by Crippen LogP contribution is 2.26. The number of nitrogens with zero attached hydrogens (tertiary/aromatic N) is 1. The molecule has 0 saturated carbocycles. The minimum absolute atomic E-state index is 0.0238. The minimum Gasteiger partial charge on any atom is -0.479 e. The Morgan fingerprint density at radius 1 is 1.35 bits per heavy atom. The molecule has 130 valence electrons. The molecule has 4 nitrogen and oxygen atoms in total. The lowest BCUT2D eigenvalue weighted by Gasteiger charge is -2.09. The van der Waals surface area contributed by atoms with E-state index in [1.54, 1.807) is 24.3 Å². The first-order valence-electron chi connectivity index (χ1n) is 7.96. The van der Waals surface area contributed by atoms with Gasteiger partial charge in [-0.15, -0.1) is 6.42 Å². The largest absolute Gasteiger partial charge is 0.479 e. The van der Waals surface area contributed by atoms with E-state index in [-0.39, 0.29) is 12.2 Å². The summed E-state index contributed by atoms with van der Waals surface area (Å²) < 4.78 is 5.29. The van der Waals surface area contributed by atoms with Crippen LogP contribution in [0.5, 0.6) is 5.75 Å². The smallest absolute Gasteiger partial charge is 0.266 e. The lowest BCUT2D eigenvalue weighted by molar-refractivity contribution is -0.112. The highest BCUT2D eigenvalue weighted by atomic mass is 35.5. The number of anilines is 1. The molecule has 2 aromatic rings. The quantitative estimate of drug-likeness (QED) is 0.467. The number of nitrogens with one attached hydrogen (secondary N) is 1. The maximum Gasteiger partial charge on any atom is 0.266 e. The summed E-state index contributed by atoms with van der Waals surface area (Å²) in [5.74, 6) is 2.33. The first-order chi connectivity index (χ1) is 12.6. The summed E-state index contributed by atoms with van der Waals surface area (Å²) in [7, 11) is 0. The SMILES string of the molecule is C#CCOc1ccc(/C=C(\C#N)C(=O)Nc2ccccc2CC)cc1Cl. The number of benzene rings is 2. The van der Waals surface area contributed by atoms with E-state index in [2.05, 4.69) is 11.2 Å². The number of aryl methyl sites for hydroxylation is 1. The van der Waals surface area contributed by atoms with Gasteiger partial charge in [-0.1, -0.05) is 48.7 Å². The molecular formula is C21H17ClN2O2. The summed E-state index contributed by atoms with van der Waals surface area (Å²) in [6, 6.07) is 14.3. The molecule has 0 bridgehead atoms. The lowest BCUT2D eigenvalue weighted by atomic mass is 10.1. The van der Waals surface area contributed by atoms with E-state index in [0.29, 0.717) is 22.0 Å². The van der Waals surface area contributed by atoms with Crippen LogP contribution in [0.1, 0.15) is 18.1 Å². The van der Waals surface area contributed by atoms with Gasteiger partial charge in [0.25, 0.3) is 5.91 Å². The molecule has 0 fully saturated rings. The van der Waals surface area contributed by atoms with E-state index < -0.39 is 5.91 Å². The maximum atomic E-state index is 12.4. The van der Waals surface area contributed by atoms with E-state index in [4.69, 9.17) is 22.8 Å². The molecule has 0 aliphatic heterocycles. The molecule has 0 aliphatic carbocycles. The van der Waals surface area contributed by atoms with Crippen molar-refractivity contribution in [2.45, 2.75) is 13.3 Å². The van der Waals surface area contributed by atoms with Gasteiger partial charge in [0.15, 0.2) is 0 Å². The van der Waals surface area contributed by atoms with Crippen molar-refractivity contribution < 1.29 is 9.53 Å². The molecule has 0 heterocycles. The summed E-state index contributed by atoms with van der Waals surface area (Å²) in [5, 5.41) is 12.5. The van der Waals surface area contributed by atoms with Crippen molar-refractivity contribution in [2.24, 2.45) is 0 Å². The van der Waals surface area contributed by atoms with Crippen LogP contribution < -0.4 is 10.1 Å². The molecule has 0 spiro atoms. The molecule has 0 atom stereocenters. The highest BCUT2D eigenvalue weighted by Gasteiger charge is 2.12. The van der Waals surface area contributed by atoms with Crippen molar-refractivity contribution in [1.82, 2.24) is 0 Å². The second kappa shape index (κ2) is 9.32. The van der Waals surface area contributed by atoms with E-state index >= 15 is 0 Å². The molecule has 2 rings (SSSR count). The topological polar surface area (TPSA) is 62.1 Å². The summed E-state index contributed by atoms with van der Waals surface area (Å²) in [6.07, 6.45) is 7.40. The van der Waals surface area contributed by atoms with Crippen molar-refractivity contribution in [3.8, 4) is 24.2 Å². The second-order valence-electron chi connectivity index (χ2n) is 5.32. The second-order valence-corrected chi connectivity index (χ2v) is 5.72. The third-order valence-electron chi connectivity index (χ3n) is 3.59. The van der Waals surface area contributed by atoms with Gasteiger partial charge in [-0.2, -0.15) is 5.26 Å². The third-order valence-corrected chi connectivity index (χ3v) is 3.88. The molecule has 0 aliphatic rings. The first-order valence-corrected chi connectivity index (χ1v) is 8.33. The number of halogens is 1. The van der Waals surface area contributed by atoms with Gasteiger partial charge in [0.2, 0.25) is 0 Å². The van der Waals surface area contributed by atoms with Gasteiger partial charge >= 0.3 is 0 Å². The molecule has 0 radical (unpaired) electrons. The van der Waals surface area contributed by atoms with Crippen LogP contribution in [0.4, 0.5) is 5.69 Å². The average Bonchev–Trinajstić information content (AvgIpc) is 2.65. The zero-order valence-electron chi connectivity index (χ0n) is 14.3. The number of amides is 1. The van der Waals surface area contributed by atoms with Crippen molar-refractivity contribution in [3.05, 3.63) is 64.2 Å². The summed E-state index contributed by atoms with van der Waals surface area (Å²) >= 11 is 6.13. The molecule has 0 saturated heterocycles. The Balaban J connectivity index is 2.22. The van der Waals surface area contributed by atoms with Crippen molar-refractivity contribution in [3.63, 3.8) is 0 Å². The molecule has 0 unspecified atom stereocenters. The van der Waals surface area contributed by atoms with E-state index in [9.17, 15) is 10.1 Å². The number of carbonyl (C=O) groups is 1. The van der Waals surface area contributed by atoms with Crippen molar-refractivity contribution >= 4 is 29.3 Å². The van der Waals surface area contributed by atoms with Crippen LogP contribution in [-0.4, -0.2) is 12.5 Å². The summed E-state index contributed by atoms with van der Waals surface area (Å²) in [5.41, 5.74) is 2.27. The normalized spacial score (nSPS) is 10.5. The number of nitriles is 1. The number of para-hydroxylation sites is 1. The number of carbonyl (C=O) groups excluding carboxylic acids is 1. The molecule has 26 heavy (non-hydrogen) atoms. The fraction of sp³-hybridized carbons (Fsp3) is 0.143. The van der Waals surface area contributed by atoms with Gasteiger partial charge in [-0.05, 0) is 41.8 Å². The Bertz CT molecular complexity index is 920. The van der Waals surface area contributed by atoms with Crippen LogP contribution in [0.25, 0.3) is 6.08 Å². The molecular weight excluding hydrogens is 348 g/mol. The predicted octanol–water partition coefficient (Wildman–Crippen LogP) is 4.46. The van der Waals surface area contributed by atoms with E-state index in [0.717, 1.165) is 12.0 Å². The van der Waals surface area contributed by atoms with Gasteiger partial charge in [0.1, 0.15) is 24.0 Å². The molecule has 1 amide bonds. The number of rotatable bonds is 6. The van der Waals surface area contributed by atoms with Crippen LogP contribution in [0.15, 0.2) is 48.0 Å². The zero-order chi connectivity index (χ0) is 18.9. The predicted molar refractivity (Wildman–Crippen MR) is 104 cm³/mol. The Labute approximate surface area is 158 Å². The maximum absolute atomic E-state index is 12.4. The average molecular weight is 365 g/mol. The van der Waals surface area contributed by atoms with Crippen molar-refractivity contribution in [2.75, 3.05) is 11.9 Å². The number of hydrogen-bond acceptors (Lipinski definition) is 3. The van der Waals surface area contributed by atoms with E-state index in [1.165, 1.54) is 6.08 Å². The Morgan fingerprint density at radius 3 is 2.77 bits per heavy atom. The standard InChI is InChI=1S/C21H17ClN2O2/c1-3-11-26-20-10-9-15(13-18(20)22)12-17(14-23)21(25)24-19-8-6-5-7-16(19)4-2/h1,5-10,12-13H,4,11H2,2H3,(H,24,25)/b17-12+. The fourth-order valence-electron chi connectivity index (χ4n) is 2.30. The van der Waals surface area contributed by atoms with Crippen LogP contribution in [0.3, 0.4) is 0 Å². The van der Waals surface area contributed by atoms with Crippen LogP contribution in [0.2, 0.25) is 5.02 Å². The number of hydrogen-bond donors (Lipinski definition) is 1. The Kier molecular flexibility index (Phi) is 6.85. The molecule has 2 aromatic carbocycles. The number of ether oxygens (including phenoxy) is 1. The van der Waals surface area contributed by atoms with E-state index in [1.807, 2.05) is 31.2 Å². The van der Waals surface area contributed by atoms with Crippen LogP contribution >= 0.6 is 11.6 Å². The molecule has 0 aromatic heterocycles. The monoisotopic (exact) mass is 364 g/mol. The molecule has 5 heteroatoms. The van der Waals surface area contributed by atoms with Gasteiger partial charge in [-0.25, -0.2) is 0 Å². The van der Waals surface area contributed by atoms with Crippen LogP contribution in [0, 0.1) is 23.7 Å². The van der Waals surface area contributed by atoms with Gasteiger partial charge in [0.05, 0.1) is 5.02 Å². The van der Waals surface area contributed by atoms with Gasteiger partial charge < -0.3 is 10.1 Å². The number of terminal acetylenes is 1. The Morgan fingerprint density at radius 2 is 2.12 bits per heavy atom. The van der Waals surface area contributed by atoms with Gasteiger partial charge in [-0.3, -0.25) is 4.79 Å². The van der Waals surface area contributed by atoms with Gasteiger partial charge in [0, 0.05) is 5.69 Å². The summed E-state index contributed by atoms with van der Waals surface area (Å²) in [4.78, 5) is 12.4. The zero-order valence-corrected chi connectivity index (χ0v) is 15.0. The molecule has 1 N–H and O–H groups in total. The Hall–Kier alpha value is -3.21. The minimum atomic E-state index is -0.475. The third kappa shape index (κ3) is 4.89. The van der Waals surface area contributed by atoms with Crippen molar-refractivity contribution in [1.29, 1.82) is 5.26 Å². The fourth-order valence-corrected chi connectivity index (χ4v) is 2.54. The van der Waals surface area contributed by atoms with Crippen LogP contribution in [-0.2, 0) is 11.2 Å². The lowest BCUT2D eigenvalue weighted by Crippen LogP contribution is -2.14. The highest BCUT2D eigenvalue weighted by molar-refractivity contribution is 6.32.